The van der Waals surface area contributed by atoms with Crippen LogP contribution in [-0.4, -0.2) is 16.0 Å². The number of hydrogen-bond acceptors (Lipinski definition) is 5. The third-order valence-corrected chi connectivity index (χ3v) is 3.55. The summed E-state index contributed by atoms with van der Waals surface area (Å²) in [6.07, 6.45) is 1.67. The fourth-order valence-electron chi connectivity index (χ4n) is 1.73. The summed E-state index contributed by atoms with van der Waals surface area (Å²) < 4.78 is 5.81. The van der Waals surface area contributed by atoms with Crippen molar-refractivity contribution >= 4 is 11.3 Å². The van der Waals surface area contributed by atoms with Crippen molar-refractivity contribution < 1.29 is 4.74 Å². The molecule has 0 saturated carbocycles. The Morgan fingerprint density at radius 3 is 2.95 bits per heavy atom. The minimum absolute atomic E-state index is 0.121. The first kappa shape index (κ1) is 14.0. The van der Waals surface area contributed by atoms with Crippen LogP contribution in [0.1, 0.15) is 30.4 Å². The lowest BCUT2D eigenvalue weighted by atomic mass is 10.1. The summed E-state index contributed by atoms with van der Waals surface area (Å²) in [5, 5.41) is 1.99. The molecular weight excluding hydrogens is 258 g/mol. The smallest absolute Gasteiger partial charge is 0.141 e. The molecule has 0 amide bonds. The number of nitrogens with zero attached hydrogens (tertiary/aromatic N) is 2. The highest BCUT2D eigenvalue weighted by molar-refractivity contribution is 7.07. The molecule has 2 heterocycles. The summed E-state index contributed by atoms with van der Waals surface area (Å²) in [6, 6.07) is 4.04. The lowest BCUT2D eigenvalue weighted by Gasteiger charge is -2.13. The molecule has 1 atom stereocenters. The molecule has 2 N–H and O–H groups in total. The van der Waals surface area contributed by atoms with Crippen molar-refractivity contribution in [1.82, 2.24) is 9.97 Å². The van der Waals surface area contributed by atoms with Crippen molar-refractivity contribution in [2.75, 3.05) is 0 Å². The van der Waals surface area contributed by atoms with Crippen LogP contribution < -0.4 is 10.5 Å². The number of thiazole rings is 1. The van der Waals surface area contributed by atoms with E-state index in [1.807, 2.05) is 24.4 Å². The number of aromatic nitrogens is 2. The Hall–Kier alpha value is -1.46. The molecule has 0 aliphatic carbocycles. The van der Waals surface area contributed by atoms with Gasteiger partial charge < -0.3 is 10.5 Å². The van der Waals surface area contributed by atoms with E-state index in [4.69, 9.17) is 10.5 Å². The highest BCUT2D eigenvalue weighted by Crippen LogP contribution is 2.20. The van der Waals surface area contributed by atoms with Gasteiger partial charge >= 0.3 is 0 Å². The quantitative estimate of drug-likeness (QED) is 0.882. The minimum Gasteiger partial charge on any atom is -0.485 e. The predicted octanol–water partition coefficient (Wildman–Crippen LogP) is 2.71. The Kier molecular flexibility index (Phi) is 4.87. The van der Waals surface area contributed by atoms with Gasteiger partial charge in [-0.1, -0.05) is 6.92 Å². The van der Waals surface area contributed by atoms with Gasteiger partial charge in [0.05, 0.1) is 16.9 Å². The van der Waals surface area contributed by atoms with E-state index in [0.717, 1.165) is 35.7 Å². The molecule has 0 saturated heterocycles. The number of pyridine rings is 1. The van der Waals surface area contributed by atoms with Gasteiger partial charge in [-0.25, -0.2) is 4.98 Å². The number of nitrogens with two attached hydrogens (primary N) is 1. The summed E-state index contributed by atoms with van der Waals surface area (Å²) in [5.41, 5.74) is 10.7. The molecule has 0 fully saturated rings. The van der Waals surface area contributed by atoms with Crippen molar-refractivity contribution in [3.63, 3.8) is 0 Å². The van der Waals surface area contributed by atoms with Crippen LogP contribution in [0.5, 0.6) is 5.75 Å². The van der Waals surface area contributed by atoms with Gasteiger partial charge in [0.15, 0.2) is 0 Å². The number of aryl methyl sites for hydroxylation is 1. The molecule has 0 bridgehead atoms. The first-order valence-corrected chi connectivity index (χ1v) is 7.35. The fraction of sp³-hybridized carbons (Fsp3) is 0.429. The summed E-state index contributed by atoms with van der Waals surface area (Å²) in [5.74, 6) is 0.808. The zero-order chi connectivity index (χ0) is 13.7. The average molecular weight is 277 g/mol. The van der Waals surface area contributed by atoms with E-state index in [2.05, 4.69) is 16.9 Å². The maximum Gasteiger partial charge on any atom is 0.141 e. The second kappa shape index (κ2) is 6.63. The van der Waals surface area contributed by atoms with Gasteiger partial charge in [0.25, 0.3) is 0 Å². The van der Waals surface area contributed by atoms with E-state index in [9.17, 15) is 0 Å². The monoisotopic (exact) mass is 277 g/mol. The van der Waals surface area contributed by atoms with E-state index in [-0.39, 0.29) is 6.04 Å². The van der Waals surface area contributed by atoms with Gasteiger partial charge in [-0.15, -0.1) is 11.3 Å². The number of hydrogen-bond donors (Lipinski definition) is 1. The van der Waals surface area contributed by atoms with Crippen LogP contribution in [0.15, 0.2) is 23.0 Å². The maximum absolute atomic E-state index is 6.01. The van der Waals surface area contributed by atoms with Gasteiger partial charge in [0, 0.05) is 23.5 Å². The van der Waals surface area contributed by atoms with Gasteiger partial charge in [-0.3, -0.25) is 4.98 Å². The third kappa shape index (κ3) is 4.01. The maximum atomic E-state index is 6.01. The molecule has 102 valence electrons. The normalized spacial score (nSPS) is 12.4. The molecule has 0 aliphatic heterocycles. The van der Waals surface area contributed by atoms with E-state index in [1.54, 1.807) is 16.8 Å². The lowest BCUT2D eigenvalue weighted by molar-refractivity contribution is 0.296. The van der Waals surface area contributed by atoms with Crippen molar-refractivity contribution in [3.05, 3.63) is 40.1 Å². The molecule has 0 aromatic carbocycles. The molecule has 5 heteroatoms. The fourth-order valence-corrected chi connectivity index (χ4v) is 2.27. The number of rotatable bonds is 6. The van der Waals surface area contributed by atoms with Crippen LogP contribution in [0.4, 0.5) is 0 Å². The standard InChI is InChI=1S/C14H19N3OS/c1-3-11(15)6-13-14(5-4-10(2)17-13)18-7-12-8-19-9-16-12/h4-5,8-9,11H,3,6-7,15H2,1-2H3. The highest BCUT2D eigenvalue weighted by Gasteiger charge is 2.10. The molecule has 4 nitrogen and oxygen atoms in total. The van der Waals surface area contributed by atoms with Crippen molar-refractivity contribution in [2.45, 2.75) is 39.3 Å². The SMILES string of the molecule is CCC(N)Cc1nc(C)ccc1OCc1cscn1. The summed E-state index contributed by atoms with van der Waals surface area (Å²) in [7, 11) is 0. The first-order valence-electron chi connectivity index (χ1n) is 6.41. The topological polar surface area (TPSA) is 61.0 Å². The van der Waals surface area contributed by atoms with Crippen LogP contribution in [0.2, 0.25) is 0 Å². The highest BCUT2D eigenvalue weighted by atomic mass is 32.1. The van der Waals surface area contributed by atoms with Crippen LogP contribution in [0.25, 0.3) is 0 Å². The van der Waals surface area contributed by atoms with Gasteiger partial charge in [0.1, 0.15) is 12.4 Å². The molecule has 2 aromatic heterocycles. The van der Waals surface area contributed by atoms with Crippen molar-refractivity contribution in [1.29, 1.82) is 0 Å². The Labute approximate surface area is 117 Å². The largest absolute Gasteiger partial charge is 0.485 e. The average Bonchev–Trinajstić information content (AvgIpc) is 2.91. The third-order valence-electron chi connectivity index (χ3n) is 2.91. The predicted molar refractivity (Wildman–Crippen MR) is 77.4 cm³/mol. The Bertz CT molecular complexity index is 513. The minimum atomic E-state index is 0.121. The zero-order valence-electron chi connectivity index (χ0n) is 11.3. The number of ether oxygens (including phenoxy) is 1. The van der Waals surface area contributed by atoms with Crippen molar-refractivity contribution in [2.24, 2.45) is 5.73 Å². The van der Waals surface area contributed by atoms with E-state index < -0.39 is 0 Å². The molecule has 0 radical (unpaired) electrons. The van der Waals surface area contributed by atoms with Crippen LogP contribution >= 0.6 is 11.3 Å². The van der Waals surface area contributed by atoms with E-state index in [0.29, 0.717) is 6.61 Å². The summed E-state index contributed by atoms with van der Waals surface area (Å²) in [4.78, 5) is 8.74. The molecule has 2 aromatic rings. The van der Waals surface area contributed by atoms with Gasteiger partial charge in [-0.05, 0) is 25.5 Å². The molecule has 1 unspecified atom stereocenters. The molecular formula is C14H19N3OS. The van der Waals surface area contributed by atoms with Crippen LogP contribution in [0.3, 0.4) is 0 Å². The summed E-state index contributed by atoms with van der Waals surface area (Å²) >= 11 is 1.57. The van der Waals surface area contributed by atoms with Gasteiger partial charge in [0.2, 0.25) is 0 Å². The van der Waals surface area contributed by atoms with E-state index in [1.165, 1.54) is 0 Å². The Morgan fingerprint density at radius 1 is 1.42 bits per heavy atom. The zero-order valence-corrected chi connectivity index (χ0v) is 12.1. The Balaban J connectivity index is 2.09. The van der Waals surface area contributed by atoms with Gasteiger partial charge in [-0.2, -0.15) is 0 Å². The van der Waals surface area contributed by atoms with Crippen LogP contribution in [-0.2, 0) is 13.0 Å². The van der Waals surface area contributed by atoms with Crippen molar-refractivity contribution in [3.8, 4) is 5.75 Å². The molecule has 0 spiro atoms. The first-order chi connectivity index (χ1) is 9.19. The van der Waals surface area contributed by atoms with E-state index >= 15 is 0 Å². The molecule has 0 aliphatic rings. The van der Waals surface area contributed by atoms with Crippen LogP contribution in [0, 0.1) is 6.92 Å². The Morgan fingerprint density at radius 2 is 2.26 bits per heavy atom. The second-order valence-corrected chi connectivity index (χ2v) is 5.26. The second-order valence-electron chi connectivity index (χ2n) is 4.54. The summed E-state index contributed by atoms with van der Waals surface area (Å²) in [6.45, 7) is 4.53. The molecule has 2 rings (SSSR count). The lowest BCUT2D eigenvalue weighted by Crippen LogP contribution is -2.22. The molecule has 19 heavy (non-hydrogen) atoms.